The predicted molar refractivity (Wildman–Crippen MR) is 118 cm³/mol. The summed E-state index contributed by atoms with van der Waals surface area (Å²) in [5.74, 6) is 0.741. The zero-order chi connectivity index (χ0) is 22.7. The lowest BCUT2D eigenvalue weighted by Gasteiger charge is -2.38. The van der Waals surface area contributed by atoms with Gasteiger partial charge in [0.05, 0.1) is 18.0 Å². The quantitative estimate of drug-likeness (QED) is 0.411. The fraction of sp³-hybridized carbons (Fsp3) is 0.783. The van der Waals surface area contributed by atoms with Crippen molar-refractivity contribution in [3.63, 3.8) is 0 Å². The zero-order valence-corrected chi connectivity index (χ0v) is 20.9. The molecule has 0 bridgehead atoms. The summed E-state index contributed by atoms with van der Waals surface area (Å²) in [5.41, 5.74) is 0.679. The average molecular weight is 486 g/mol. The van der Waals surface area contributed by atoms with Crippen molar-refractivity contribution in [3.8, 4) is 0 Å². The lowest BCUT2D eigenvalue weighted by Crippen LogP contribution is -2.26. The molecule has 7 heteroatoms. The van der Waals surface area contributed by atoms with E-state index in [0.29, 0.717) is 29.4 Å². The van der Waals surface area contributed by atoms with Crippen molar-refractivity contribution < 1.29 is 23.6 Å². The van der Waals surface area contributed by atoms with Gasteiger partial charge in [-0.25, -0.2) is 0 Å². The van der Waals surface area contributed by atoms with E-state index in [2.05, 4.69) is 41.9 Å². The normalized spacial score (nSPS) is 20.4. The molecule has 1 aliphatic carbocycles. The minimum absolute atomic E-state index is 0.124. The molecule has 1 heterocycles. The third-order valence-electron chi connectivity index (χ3n) is 5.34. The molecule has 170 valence electrons. The van der Waals surface area contributed by atoms with Crippen LogP contribution >= 0.6 is 15.9 Å². The maximum absolute atomic E-state index is 12.4. The lowest BCUT2D eigenvalue weighted by atomic mass is 9.67. The smallest absolute Gasteiger partial charge is 0.307 e. The first-order chi connectivity index (χ1) is 13.8. The Morgan fingerprint density at radius 3 is 2.33 bits per heavy atom. The Morgan fingerprint density at radius 1 is 1.17 bits per heavy atom. The first kappa shape index (κ1) is 24.9. The SMILES string of the molecule is COC(=O)CC[C@@H](CC(=O)OC(C)(C)C)c1onc(C2CC(CC(C)(C)C)C2)c1Br. The molecule has 0 radical (unpaired) electrons. The van der Waals surface area contributed by atoms with Gasteiger partial charge in [-0.2, -0.15) is 0 Å². The molecule has 0 aliphatic heterocycles. The largest absolute Gasteiger partial charge is 0.469 e. The van der Waals surface area contributed by atoms with Gasteiger partial charge in [-0.05, 0) is 73.7 Å². The number of carbonyl (C=O) groups excluding carboxylic acids is 2. The van der Waals surface area contributed by atoms with Crippen molar-refractivity contribution in [2.75, 3.05) is 7.11 Å². The maximum atomic E-state index is 12.4. The van der Waals surface area contributed by atoms with Crippen molar-refractivity contribution >= 4 is 27.9 Å². The summed E-state index contributed by atoms with van der Waals surface area (Å²) in [6, 6.07) is 0. The number of aromatic nitrogens is 1. The minimum atomic E-state index is -0.568. The van der Waals surface area contributed by atoms with E-state index >= 15 is 0 Å². The van der Waals surface area contributed by atoms with Gasteiger partial charge in [0.2, 0.25) is 0 Å². The molecule has 0 spiro atoms. The standard InChI is InChI=1S/C23H36BrNO5/c1-22(2,3)13-14-10-16(11-14)20-19(24)21(30-25-20)15(8-9-17(26)28-7)12-18(27)29-23(4,5)6/h14-16H,8-13H2,1-7H3/t14?,15-,16?/m0/s1. The first-order valence-corrected chi connectivity index (χ1v) is 11.5. The highest BCUT2D eigenvalue weighted by Crippen LogP contribution is 2.49. The minimum Gasteiger partial charge on any atom is -0.469 e. The third-order valence-corrected chi connectivity index (χ3v) is 6.13. The van der Waals surface area contributed by atoms with Crippen molar-refractivity contribution in [3.05, 3.63) is 15.9 Å². The summed E-state index contributed by atoms with van der Waals surface area (Å²) in [4.78, 5) is 24.1. The number of halogens is 1. The average Bonchev–Trinajstić information content (AvgIpc) is 2.92. The summed E-state index contributed by atoms with van der Waals surface area (Å²) in [7, 11) is 1.36. The van der Waals surface area contributed by atoms with Crippen LogP contribution in [0.25, 0.3) is 0 Å². The third kappa shape index (κ3) is 7.40. The summed E-state index contributed by atoms with van der Waals surface area (Å²) in [5, 5.41) is 4.33. The van der Waals surface area contributed by atoms with Crippen molar-refractivity contribution in [2.24, 2.45) is 11.3 Å². The van der Waals surface area contributed by atoms with E-state index in [1.165, 1.54) is 13.5 Å². The van der Waals surface area contributed by atoms with Gasteiger partial charge < -0.3 is 14.0 Å². The molecule has 0 aromatic carbocycles. The van der Waals surface area contributed by atoms with E-state index in [9.17, 15) is 9.59 Å². The molecule has 30 heavy (non-hydrogen) atoms. The summed E-state index contributed by atoms with van der Waals surface area (Å²) in [6.45, 7) is 12.3. The van der Waals surface area contributed by atoms with E-state index in [1.54, 1.807) is 0 Å². The van der Waals surface area contributed by atoms with E-state index in [4.69, 9.17) is 14.0 Å². The Bertz CT molecular complexity index is 738. The molecule has 0 saturated heterocycles. The highest BCUT2D eigenvalue weighted by Gasteiger charge is 2.38. The van der Waals surface area contributed by atoms with E-state index < -0.39 is 5.60 Å². The van der Waals surface area contributed by atoms with Crippen LogP contribution in [0.4, 0.5) is 0 Å². The Morgan fingerprint density at radius 2 is 1.80 bits per heavy atom. The summed E-state index contributed by atoms with van der Waals surface area (Å²) < 4.78 is 16.7. The summed E-state index contributed by atoms with van der Waals surface area (Å²) >= 11 is 3.66. The van der Waals surface area contributed by atoms with Crippen LogP contribution in [-0.4, -0.2) is 29.8 Å². The van der Waals surface area contributed by atoms with Gasteiger partial charge in [-0.1, -0.05) is 25.9 Å². The first-order valence-electron chi connectivity index (χ1n) is 10.7. The van der Waals surface area contributed by atoms with Crippen LogP contribution in [0.5, 0.6) is 0 Å². The second-order valence-corrected chi connectivity index (χ2v) is 11.4. The molecule has 0 N–H and O–H groups in total. The molecule has 2 rings (SSSR count). The molecule has 1 aromatic heterocycles. The number of rotatable bonds is 8. The van der Waals surface area contributed by atoms with Crippen LogP contribution < -0.4 is 0 Å². The van der Waals surface area contributed by atoms with Crippen LogP contribution in [-0.2, 0) is 19.1 Å². The van der Waals surface area contributed by atoms with Crippen LogP contribution in [0.2, 0.25) is 0 Å². The number of methoxy groups -OCH3 is 1. The predicted octanol–water partition coefficient (Wildman–Crippen LogP) is 6.14. The van der Waals surface area contributed by atoms with Gasteiger partial charge >= 0.3 is 11.9 Å². The second-order valence-electron chi connectivity index (χ2n) is 10.6. The zero-order valence-electron chi connectivity index (χ0n) is 19.3. The van der Waals surface area contributed by atoms with E-state index in [0.717, 1.165) is 23.0 Å². The van der Waals surface area contributed by atoms with Gasteiger partial charge in [0, 0.05) is 18.3 Å². The van der Waals surface area contributed by atoms with Crippen LogP contribution in [0.1, 0.15) is 103 Å². The number of carbonyl (C=O) groups is 2. The molecule has 1 fully saturated rings. The maximum Gasteiger partial charge on any atom is 0.307 e. The van der Waals surface area contributed by atoms with Gasteiger partial charge in [0.25, 0.3) is 0 Å². The monoisotopic (exact) mass is 485 g/mol. The molecule has 0 amide bonds. The van der Waals surface area contributed by atoms with Crippen molar-refractivity contribution in [1.82, 2.24) is 5.16 Å². The molecular weight excluding hydrogens is 450 g/mol. The Balaban J connectivity index is 2.10. The van der Waals surface area contributed by atoms with E-state index in [-0.39, 0.29) is 30.7 Å². The molecule has 1 aliphatic rings. The van der Waals surface area contributed by atoms with Gasteiger partial charge in [-0.15, -0.1) is 0 Å². The van der Waals surface area contributed by atoms with Crippen LogP contribution in [0.15, 0.2) is 9.00 Å². The number of nitrogens with zero attached hydrogens (tertiary/aromatic N) is 1. The summed E-state index contributed by atoms with van der Waals surface area (Å²) in [6.07, 6.45) is 4.15. The van der Waals surface area contributed by atoms with Gasteiger partial charge in [0.15, 0.2) is 5.76 Å². The molecule has 1 aromatic rings. The number of hydrogen-bond acceptors (Lipinski definition) is 6. The molecular formula is C23H36BrNO5. The number of hydrogen-bond donors (Lipinski definition) is 0. The highest BCUT2D eigenvalue weighted by molar-refractivity contribution is 9.10. The molecule has 0 unspecified atom stereocenters. The topological polar surface area (TPSA) is 78.6 Å². The van der Waals surface area contributed by atoms with Crippen LogP contribution in [0, 0.1) is 11.3 Å². The van der Waals surface area contributed by atoms with Gasteiger partial charge in [0.1, 0.15) is 11.3 Å². The van der Waals surface area contributed by atoms with Crippen molar-refractivity contribution in [1.29, 1.82) is 0 Å². The molecule has 6 nitrogen and oxygen atoms in total. The second kappa shape index (κ2) is 9.84. The lowest BCUT2D eigenvalue weighted by molar-refractivity contribution is -0.155. The fourth-order valence-corrected chi connectivity index (χ4v) is 4.90. The van der Waals surface area contributed by atoms with Gasteiger partial charge in [-0.3, -0.25) is 9.59 Å². The highest BCUT2D eigenvalue weighted by atomic mass is 79.9. The Hall–Kier alpha value is -1.37. The number of ether oxygens (including phenoxy) is 2. The Kier molecular flexibility index (Phi) is 8.16. The molecule has 1 saturated carbocycles. The fourth-order valence-electron chi connectivity index (χ4n) is 4.11. The molecule has 1 atom stereocenters. The van der Waals surface area contributed by atoms with E-state index in [1.807, 2.05) is 20.8 Å². The van der Waals surface area contributed by atoms with Crippen LogP contribution in [0.3, 0.4) is 0 Å². The number of esters is 2. The Labute approximate surface area is 188 Å². The van der Waals surface area contributed by atoms with Crippen molar-refractivity contribution in [2.45, 2.75) is 97.5 Å².